The van der Waals surface area contributed by atoms with Crippen LogP contribution in [0.1, 0.15) is 28.8 Å². The summed E-state index contributed by atoms with van der Waals surface area (Å²) in [6.07, 6.45) is 0.579. The van der Waals surface area contributed by atoms with E-state index in [0.717, 1.165) is 5.56 Å². The molecule has 3 N–H and O–H groups in total. The zero-order chi connectivity index (χ0) is 14.3. The Balaban J connectivity index is 1.86. The Labute approximate surface area is 114 Å². The fourth-order valence-electron chi connectivity index (χ4n) is 2.64. The van der Waals surface area contributed by atoms with Gasteiger partial charge >= 0.3 is 0 Å². The Kier molecular flexibility index (Phi) is 2.90. The van der Waals surface area contributed by atoms with E-state index < -0.39 is 11.9 Å². The number of hydrogen-bond donors (Lipinski definition) is 3. The standard InChI is InChI=1S/C13H13N3O4/c17-11-4-3-10(12(18)14-11)16-6-7-5-8(15-20)1-2-9(7)13(16)19/h1-2,5,10,15,20H,3-4,6H2,(H,14,17,18). The number of carbonyl (C=O) groups excluding carboxylic acids is 3. The fraction of sp³-hybridized carbons (Fsp3) is 0.308. The molecule has 2 heterocycles. The molecular weight excluding hydrogens is 262 g/mol. The lowest BCUT2D eigenvalue weighted by Gasteiger charge is -2.29. The number of benzene rings is 1. The van der Waals surface area contributed by atoms with Gasteiger partial charge in [-0.3, -0.25) is 30.4 Å². The molecule has 7 nitrogen and oxygen atoms in total. The molecule has 1 aromatic rings. The van der Waals surface area contributed by atoms with Gasteiger partial charge in [-0.25, -0.2) is 0 Å². The van der Waals surface area contributed by atoms with Crippen molar-refractivity contribution < 1.29 is 19.6 Å². The van der Waals surface area contributed by atoms with Crippen molar-refractivity contribution in [3.8, 4) is 0 Å². The molecule has 0 spiro atoms. The maximum absolute atomic E-state index is 12.3. The smallest absolute Gasteiger partial charge is 0.255 e. The lowest BCUT2D eigenvalue weighted by atomic mass is 10.0. The van der Waals surface area contributed by atoms with E-state index in [1.165, 1.54) is 4.90 Å². The van der Waals surface area contributed by atoms with E-state index in [2.05, 4.69) is 5.32 Å². The summed E-state index contributed by atoms with van der Waals surface area (Å²) in [7, 11) is 0. The minimum Gasteiger partial charge on any atom is -0.322 e. The number of anilines is 1. The highest BCUT2D eigenvalue weighted by molar-refractivity contribution is 6.05. The van der Waals surface area contributed by atoms with E-state index >= 15 is 0 Å². The number of nitrogens with one attached hydrogen (secondary N) is 2. The van der Waals surface area contributed by atoms with Crippen LogP contribution in [0.3, 0.4) is 0 Å². The van der Waals surface area contributed by atoms with E-state index in [1.807, 2.05) is 5.48 Å². The predicted molar refractivity (Wildman–Crippen MR) is 67.9 cm³/mol. The lowest BCUT2D eigenvalue weighted by Crippen LogP contribution is -2.52. The second-order valence-electron chi connectivity index (χ2n) is 4.88. The largest absolute Gasteiger partial charge is 0.322 e. The number of fused-ring (bicyclic) bond motifs is 1. The quantitative estimate of drug-likeness (QED) is 0.531. The van der Waals surface area contributed by atoms with Gasteiger partial charge in [-0.05, 0) is 30.2 Å². The zero-order valence-electron chi connectivity index (χ0n) is 10.5. The van der Waals surface area contributed by atoms with Crippen LogP contribution >= 0.6 is 0 Å². The van der Waals surface area contributed by atoms with Gasteiger partial charge in [-0.1, -0.05) is 0 Å². The topological polar surface area (TPSA) is 98.7 Å². The van der Waals surface area contributed by atoms with Gasteiger partial charge in [-0.15, -0.1) is 0 Å². The van der Waals surface area contributed by atoms with Crippen molar-refractivity contribution in [2.24, 2.45) is 0 Å². The summed E-state index contributed by atoms with van der Waals surface area (Å²) in [6.45, 7) is 0.302. The van der Waals surface area contributed by atoms with Crippen LogP contribution in [0.15, 0.2) is 18.2 Å². The summed E-state index contributed by atoms with van der Waals surface area (Å²) >= 11 is 0. The molecular formula is C13H13N3O4. The zero-order valence-corrected chi connectivity index (χ0v) is 10.5. The third kappa shape index (κ3) is 1.92. The van der Waals surface area contributed by atoms with Crippen LogP contribution in [0.4, 0.5) is 5.69 Å². The Bertz CT molecular complexity index is 614. The van der Waals surface area contributed by atoms with Crippen LogP contribution < -0.4 is 10.8 Å². The van der Waals surface area contributed by atoms with Crippen molar-refractivity contribution in [1.29, 1.82) is 0 Å². The number of amides is 3. The summed E-state index contributed by atoms with van der Waals surface area (Å²) in [4.78, 5) is 36.7. The first-order chi connectivity index (χ1) is 9.60. The lowest BCUT2D eigenvalue weighted by molar-refractivity contribution is -0.136. The highest BCUT2D eigenvalue weighted by atomic mass is 16.5. The molecule has 0 radical (unpaired) electrons. The van der Waals surface area contributed by atoms with Gasteiger partial charge in [0.15, 0.2) is 0 Å². The molecule has 3 rings (SSSR count). The Hall–Kier alpha value is -2.41. The average molecular weight is 275 g/mol. The average Bonchev–Trinajstić information content (AvgIpc) is 2.75. The fourth-order valence-corrected chi connectivity index (χ4v) is 2.64. The second kappa shape index (κ2) is 4.61. The maximum Gasteiger partial charge on any atom is 0.255 e. The SMILES string of the molecule is O=C1CCC(N2Cc3cc(NO)ccc3C2=O)C(=O)N1. The van der Waals surface area contributed by atoms with Crippen molar-refractivity contribution in [3.63, 3.8) is 0 Å². The van der Waals surface area contributed by atoms with E-state index in [-0.39, 0.29) is 18.2 Å². The number of rotatable bonds is 2. The summed E-state index contributed by atoms with van der Waals surface area (Å²) in [5.74, 6) is -0.955. The highest BCUT2D eigenvalue weighted by Gasteiger charge is 2.38. The first-order valence-electron chi connectivity index (χ1n) is 6.28. The molecule has 2 aliphatic rings. The first kappa shape index (κ1) is 12.6. The Morgan fingerprint density at radius 2 is 2.10 bits per heavy atom. The van der Waals surface area contributed by atoms with Crippen molar-refractivity contribution in [1.82, 2.24) is 10.2 Å². The molecule has 1 fully saturated rings. The van der Waals surface area contributed by atoms with Crippen molar-refractivity contribution in [2.45, 2.75) is 25.4 Å². The van der Waals surface area contributed by atoms with E-state index in [9.17, 15) is 14.4 Å². The predicted octanol–water partition coefficient (Wildman–Crippen LogP) is 0.249. The number of carbonyl (C=O) groups is 3. The minimum atomic E-state index is -0.613. The number of hydrogen-bond acceptors (Lipinski definition) is 5. The third-order valence-electron chi connectivity index (χ3n) is 3.65. The monoisotopic (exact) mass is 275 g/mol. The highest BCUT2D eigenvalue weighted by Crippen LogP contribution is 2.29. The van der Waals surface area contributed by atoms with Gasteiger partial charge in [0.05, 0.1) is 5.69 Å². The number of nitrogens with zero attached hydrogens (tertiary/aromatic N) is 1. The molecule has 1 saturated heterocycles. The molecule has 0 aromatic heterocycles. The summed E-state index contributed by atoms with van der Waals surface area (Å²) in [5.41, 5.74) is 3.79. The Morgan fingerprint density at radius 3 is 2.80 bits per heavy atom. The maximum atomic E-state index is 12.3. The van der Waals surface area contributed by atoms with Gasteiger partial charge in [-0.2, -0.15) is 0 Å². The van der Waals surface area contributed by atoms with Crippen molar-refractivity contribution in [2.75, 3.05) is 5.48 Å². The molecule has 2 aliphatic heterocycles. The summed E-state index contributed by atoms with van der Waals surface area (Å²) in [6, 6.07) is 4.25. The molecule has 7 heteroatoms. The third-order valence-corrected chi connectivity index (χ3v) is 3.65. The van der Waals surface area contributed by atoms with E-state index in [4.69, 9.17) is 5.21 Å². The molecule has 3 amide bonds. The molecule has 0 bridgehead atoms. The summed E-state index contributed by atoms with van der Waals surface area (Å²) in [5, 5.41) is 11.1. The van der Waals surface area contributed by atoms with Gasteiger partial charge < -0.3 is 4.90 Å². The second-order valence-corrected chi connectivity index (χ2v) is 4.88. The molecule has 1 unspecified atom stereocenters. The number of piperidine rings is 1. The van der Waals surface area contributed by atoms with Crippen LogP contribution in [-0.4, -0.2) is 33.9 Å². The van der Waals surface area contributed by atoms with Crippen molar-refractivity contribution >= 4 is 23.4 Å². The number of imide groups is 1. The molecule has 0 saturated carbocycles. The van der Waals surface area contributed by atoms with Crippen LogP contribution in [0.2, 0.25) is 0 Å². The van der Waals surface area contributed by atoms with Crippen molar-refractivity contribution in [3.05, 3.63) is 29.3 Å². The first-order valence-corrected chi connectivity index (χ1v) is 6.28. The van der Waals surface area contributed by atoms with Crippen LogP contribution in [0, 0.1) is 0 Å². The Morgan fingerprint density at radius 1 is 1.30 bits per heavy atom. The minimum absolute atomic E-state index is 0.223. The molecule has 1 atom stereocenters. The molecule has 1 aromatic carbocycles. The van der Waals surface area contributed by atoms with Crippen LogP contribution in [0.5, 0.6) is 0 Å². The molecule has 0 aliphatic carbocycles. The van der Waals surface area contributed by atoms with Gasteiger partial charge in [0.1, 0.15) is 6.04 Å². The molecule has 20 heavy (non-hydrogen) atoms. The molecule has 104 valence electrons. The van der Waals surface area contributed by atoms with Crippen LogP contribution in [0.25, 0.3) is 0 Å². The van der Waals surface area contributed by atoms with E-state index in [0.29, 0.717) is 24.2 Å². The van der Waals surface area contributed by atoms with E-state index in [1.54, 1.807) is 18.2 Å². The van der Waals surface area contributed by atoms with Gasteiger partial charge in [0.2, 0.25) is 11.8 Å². The van der Waals surface area contributed by atoms with Gasteiger partial charge in [0, 0.05) is 18.5 Å². The summed E-state index contributed by atoms with van der Waals surface area (Å²) < 4.78 is 0. The van der Waals surface area contributed by atoms with Gasteiger partial charge in [0.25, 0.3) is 5.91 Å². The van der Waals surface area contributed by atoms with Crippen LogP contribution in [-0.2, 0) is 16.1 Å². The normalized spacial score (nSPS) is 21.8.